The fourth-order valence-electron chi connectivity index (χ4n) is 0.975. The molecule has 1 aromatic rings. The molecule has 0 saturated carbocycles. The molecule has 0 aliphatic heterocycles. The van der Waals surface area contributed by atoms with Gasteiger partial charge in [-0.05, 0) is 50.2 Å². The molecule has 14 heavy (non-hydrogen) atoms. The quantitative estimate of drug-likeness (QED) is 0.819. The summed E-state index contributed by atoms with van der Waals surface area (Å²) >= 11 is 5.29. The Bertz CT molecular complexity index is 426. The van der Waals surface area contributed by atoms with E-state index in [1.165, 1.54) is 0 Å². The highest BCUT2D eigenvalue weighted by Gasteiger charge is 2.10. The lowest BCUT2D eigenvalue weighted by Gasteiger charge is -2.04. The first-order chi connectivity index (χ1) is 6.56. The number of halogens is 2. The maximum atomic E-state index is 10.5. The van der Waals surface area contributed by atoms with E-state index < -0.39 is 5.97 Å². The van der Waals surface area contributed by atoms with Crippen LogP contribution in [0.3, 0.4) is 0 Å². The first kappa shape index (κ1) is 11.5. The average molecular weight is 366 g/mol. The van der Waals surface area contributed by atoms with Gasteiger partial charge in [0.1, 0.15) is 6.07 Å². The summed E-state index contributed by atoms with van der Waals surface area (Å²) in [6, 6.07) is 5.31. The molecule has 1 N–H and O–H groups in total. The Labute approximate surface area is 103 Å². The van der Waals surface area contributed by atoms with Crippen LogP contribution >= 0.6 is 38.5 Å². The molecule has 3 nitrogen and oxygen atoms in total. The van der Waals surface area contributed by atoms with Crippen LogP contribution in [-0.2, 0) is 11.2 Å². The minimum Gasteiger partial charge on any atom is -0.481 e. The van der Waals surface area contributed by atoms with Crippen molar-refractivity contribution >= 4 is 44.5 Å². The van der Waals surface area contributed by atoms with Crippen LogP contribution in [0.4, 0.5) is 0 Å². The van der Waals surface area contributed by atoms with E-state index in [2.05, 4.69) is 15.9 Å². The normalized spacial score (nSPS) is 9.50. The number of carboxylic acids is 1. The van der Waals surface area contributed by atoms with Crippen molar-refractivity contribution < 1.29 is 9.90 Å². The molecule has 1 rings (SSSR count). The molecule has 0 spiro atoms. The van der Waals surface area contributed by atoms with Crippen molar-refractivity contribution in [3.8, 4) is 6.07 Å². The molecule has 0 unspecified atom stereocenters. The number of rotatable bonds is 2. The summed E-state index contributed by atoms with van der Waals surface area (Å²) < 4.78 is 1.45. The van der Waals surface area contributed by atoms with Crippen LogP contribution in [0.2, 0.25) is 0 Å². The Morgan fingerprint density at radius 3 is 2.79 bits per heavy atom. The fourth-order valence-corrected chi connectivity index (χ4v) is 2.11. The number of aliphatic carboxylic acids is 1. The molecule has 1 aromatic carbocycles. The van der Waals surface area contributed by atoms with Crippen LogP contribution in [-0.4, -0.2) is 11.1 Å². The second-order valence-electron chi connectivity index (χ2n) is 2.58. The molecule has 0 aromatic heterocycles. The van der Waals surface area contributed by atoms with Crippen molar-refractivity contribution in [2.24, 2.45) is 0 Å². The summed E-state index contributed by atoms with van der Waals surface area (Å²) in [4.78, 5) is 10.5. The third-order valence-corrected chi connectivity index (χ3v) is 4.39. The molecule has 0 amide bonds. The molecule has 0 saturated heterocycles. The monoisotopic (exact) mass is 365 g/mol. The Balaban J connectivity index is 3.18. The summed E-state index contributed by atoms with van der Waals surface area (Å²) in [5.74, 6) is -0.883. The van der Waals surface area contributed by atoms with E-state index in [0.29, 0.717) is 15.6 Å². The number of benzene rings is 1. The second kappa shape index (κ2) is 4.75. The average Bonchev–Trinajstić information content (AvgIpc) is 2.13. The minimum atomic E-state index is -0.883. The molecule has 5 heteroatoms. The molecule has 0 radical (unpaired) electrons. The van der Waals surface area contributed by atoms with Crippen molar-refractivity contribution in [2.45, 2.75) is 6.42 Å². The minimum absolute atomic E-state index is 0.0394. The van der Waals surface area contributed by atoms with Gasteiger partial charge < -0.3 is 5.11 Å². The van der Waals surface area contributed by atoms with E-state index in [-0.39, 0.29) is 6.42 Å². The predicted octanol–water partition coefficient (Wildman–Crippen LogP) is 2.55. The van der Waals surface area contributed by atoms with Gasteiger partial charge >= 0.3 is 5.97 Å². The van der Waals surface area contributed by atoms with Gasteiger partial charge in [-0.15, -0.1) is 0 Å². The predicted molar refractivity (Wildman–Crippen MR) is 62.9 cm³/mol. The van der Waals surface area contributed by atoms with Crippen molar-refractivity contribution in [3.63, 3.8) is 0 Å². The van der Waals surface area contributed by atoms with Crippen LogP contribution in [0.15, 0.2) is 16.6 Å². The van der Waals surface area contributed by atoms with Gasteiger partial charge in [0.2, 0.25) is 0 Å². The molecular formula is C9H5BrINO2. The zero-order valence-corrected chi connectivity index (χ0v) is 10.7. The molecule has 0 fully saturated rings. The molecule has 72 valence electrons. The lowest BCUT2D eigenvalue weighted by atomic mass is 10.1. The van der Waals surface area contributed by atoms with Crippen LogP contribution in [0.1, 0.15) is 11.1 Å². The van der Waals surface area contributed by atoms with Gasteiger partial charge in [-0.3, -0.25) is 4.79 Å². The third kappa shape index (κ3) is 2.45. The summed E-state index contributed by atoms with van der Waals surface area (Å²) in [6.45, 7) is 0. The number of nitriles is 1. The maximum Gasteiger partial charge on any atom is 0.307 e. The van der Waals surface area contributed by atoms with Gasteiger partial charge in [0, 0.05) is 8.04 Å². The standard InChI is InChI=1S/C9H5BrINO2/c10-8-5(3-7(13)14)1-2-6(4-12)9(8)11/h1-2H,3H2,(H,13,14). The topological polar surface area (TPSA) is 61.1 Å². The highest BCUT2D eigenvalue weighted by molar-refractivity contribution is 14.1. The van der Waals surface area contributed by atoms with Crippen LogP contribution in [0.5, 0.6) is 0 Å². The Morgan fingerprint density at radius 1 is 1.64 bits per heavy atom. The van der Waals surface area contributed by atoms with E-state index >= 15 is 0 Å². The summed E-state index contributed by atoms with van der Waals surface area (Å²) in [5.41, 5.74) is 1.23. The van der Waals surface area contributed by atoms with Crippen LogP contribution in [0, 0.1) is 14.9 Å². The Morgan fingerprint density at radius 2 is 2.29 bits per heavy atom. The first-order valence-corrected chi connectivity index (χ1v) is 5.52. The molecular weight excluding hydrogens is 361 g/mol. The number of carboxylic acid groups (broad SMARTS) is 1. The molecule has 0 atom stereocenters. The summed E-state index contributed by atoms with van der Waals surface area (Å²) in [6.07, 6.45) is -0.0394. The first-order valence-electron chi connectivity index (χ1n) is 3.65. The molecule has 0 heterocycles. The Hall–Kier alpha value is -0.610. The second-order valence-corrected chi connectivity index (χ2v) is 4.45. The largest absolute Gasteiger partial charge is 0.481 e. The third-order valence-electron chi connectivity index (χ3n) is 1.62. The van der Waals surface area contributed by atoms with Crippen molar-refractivity contribution in [2.75, 3.05) is 0 Å². The molecule has 0 aliphatic rings. The van der Waals surface area contributed by atoms with Gasteiger partial charge in [-0.2, -0.15) is 5.26 Å². The fraction of sp³-hybridized carbons (Fsp3) is 0.111. The van der Waals surface area contributed by atoms with E-state index in [0.717, 1.165) is 3.57 Å². The van der Waals surface area contributed by atoms with Crippen molar-refractivity contribution in [1.29, 1.82) is 5.26 Å². The summed E-state index contributed by atoms with van der Waals surface area (Å²) in [7, 11) is 0. The van der Waals surface area contributed by atoms with Gasteiger partial charge in [-0.1, -0.05) is 6.07 Å². The lowest BCUT2D eigenvalue weighted by Crippen LogP contribution is -2.02. The van der Waals surface area contributed by atoms with Gasteiger partial charge in [-0.25, -0.2) is 0 Å². The number of hydrogen-bond acceptors (Lipinski definition) is 2. The van der Waals surface area contributed by atoms with Crippen molar-refractivity contribution in [1.82, 2.24) is 0 Å². The van der Waals surface area contributed by atoms with Gasteiger partial charge in [0.25, 0.3) is 0 Å². The number of hydrogen-bond donors (Lipinski definition) is 1. The van der Waals surface area contributed by atoms with Crippen LogP contribution < -0.4 is 0 Å². The van der Waals surface area contributed by atoms with E-state index in [1.54, 1.807) is 12.1 Å². The number of carbonyl (C=O) groups is 1. The highest BCUT2D eigenvalue weighted by Crippen LogP contribution is 2.26. The number of nitrogens with zero attached hydrogens (tertiary/aromatic N) is 1. The highest BCUT2D eigenvalue weighted by atomic mass is 127. The molecule has 0 aliphatic carbocycles. The Kier molecular flexibility index (Phi) is 3.89. The summed E-state index contributed by atoms with van der Waals surface area (Å²) in [5, 5.41) is 17.3. The SMILES string of the molecule is N#Cc1ccc(CC(=O)O)c(Br)c1I. The smallest absolute Gasteiger partial charge is 0.307 e. The maximum absolute atomic E-state index is 10.5. The van der Waals surface area contributed by atoms with E-state index in [9.17, 15) is 4.79 Å². The molecule has 0 bridgehead atoms. The van der Waals surface area contributed by atoms with Crippen LogP contribution in [0.25, 0.3) is 0 Å². The van der Waals surface area contributed by atoms with Gasteiger partial charge in [0.15, 0.2) is 0 Å². The zero-order valence-electron chi connectivity index (χ0n) is 6.92. The van der Waals surface area contributed by atoms with Crippen molar-refractivity contribution in [3.05, 3.63) is 31.3 Å². The zero-order chi connectivity index (χ0) is 10.7. The van der Waals surface area contributed by atoms with Gasteiger partial charge in [0.05, 0.1) is 12.0 Å². The van der Waals surface area contributed by atoms with E-state index in [4.69, 9.17) is 10.4 Å². The lowest BCUT2D eigenvalue weighted by molar-refractivity contribution is -0.136. The van der Waals surface area contributed by atoms with E-state index in [1.807, 2.05) is 28.7 Å².